The summed E-state index contributed by atoms with van der Waals surface area (Å²) in [5, 5.41) is 6.74. The Balaban J connectivity index is 1.89. The lowest BCUT2D eigenvalue weighted by atomic mass is 10.1. The van der Waals surface area contributed by atoms with Gasteiger partial charge in [0.2, 0.25) is 5.91 Å². The van der Waals surface area contributed by atoms with Crippen LogP contribution in [-0.2, 0) is 4.79 Å². The number of unbranched alkanes of at least 4 members (excludes halogenated alkanes) is 1. The van der Waals surface area contributed by atoms with Crippen molar-refractivity contribution in [1.82, 2.24) is 15.6 Å². The zero-order valence-corrected chi connectivity index (χ0v) is 18.1. The molecule has 1 aromatic heterocycles. The number of para-hydroxylation sites is 1. The van der Waals surface area contributed by atoms with Gasteiger partial charge in [0.05, 0.1) is 11.1 Å². The Hall–Kier alpha value is -2.08. The third-order valence-electron chi connectivity index (χ3n) is 4.07. The Morgan fingerprint density at radius 3 is 2.57 bits per heavy atom. The van der Waals surface area contributed by atoms with Gasteiger partial charge in [-0.1, -0.05) is 46.2 Å². The molecule has 0 spiro atoms. The third kappa shape index (κ3) is 7.15. The summed E-state index contributed by atoms with van der Waals surface area (Å²) in [5.41, 5.74) is 1.48. The molecular formula is C22H31N3O2S. The zero-order chi connectivity index (χ0) is 20.6. The molecule has 0 saturated carbocycles. The fourth-order valence-electron chi connectivity index (χ4n) is 2.72. The van der Waals surface area contributed by atoms with Crippen molar-refractivity contribution in [2.75, 3.05) is 13.1 Å². The molecule has 2 N–H and O–H groups in total. The van der Waals surface area contributed by atoms with Crippen LogP contribution in [-0.4, -0.2) is 34.6 Å². The topological polar surface area (TPSA) is 71.1 Å². The second-order valence-corrected chi connectivity index (χ2v) is 9.70. The summed E-state index contributed by atoms with van der Waals surface area (Å²) in [6.07, 6.45) is 4.84. The number of pyridine rings is 1. The molecule has 152 valence electrons. The summed E-state index contributed by atoms with van der Waals surface area (Å²) in [4.78, 5) is 29.6. The maximum atomic E-state index is 12.4. The van der Waals surface area contributed by atoms with Gasteiger partial charge in [-0.05, 0) is 25.0 Å². The normalized spacial score (nSPS) is 11.4. The van der Waals surface area contributed by atoms with E-state index in [1.807, 2.05) is 18.2 Å². The number of hydrogen-bond acceptors (Lipinski definition) is 4. The van der Waals surface area contributed by atoms with Crippen LogP contribution in [0.25, 0.3) is 10.9 Å². The third-order valence-corrected chi connectivity index (χ3v) is 5.23. The molecule has 2 aromatic rings. The Morgan fingerprint density at radius 2 is 1.86 bits per heavy atom. The molecule has 1 heterocycles. The van der Waals surface area contributed by atoms with E-state index in [2.05, 4.69) is 49.4 Å². The second-order valence-electron chi connectivity index (χ2n) is 7.83. The monoisotopic (exact) mass is 401 g/mol. The highest BCUT2D eigenvalue weighted by Crippen LogP contribution is 2.35. The molecule has 1 aromatic carbocycles. The zero-order valence-electron chi connectivity index (χ0n) is 17.3. The van der Waals surface area contributed by atoms with Gasteiger partial charge < -0.3 is 10.6 Å². The van der Waals surface area contributed by atoms with Gasteiger partial charge in [-0.15, -0.1) is 11.8 Å². The average Bonchev–Trinajstić information content (AvgIpc) is 2.64. The molecule has 0 radical (unpaired) electrons. The number of amides is 2. The molecule has 0 aliphatic heterocycles. The standard InChI is InChI=1S/C22H31N3O2S/c1-5-6-11-19(26)23-12-8-13-24-21(27)17-14-16-9-7-10-18(20(16)25-15-17)28-22(2,3)4/h7,9-10,14-15H,5-6,8,11-13H2,1-4H3,(H,23,26)(H,24,27). The Morgan fingerprint density at radius 1 is 1.11 bits per heavy atom. The smallest absolute Gasteiger partial charge is 0.252 e. The SMILES string of the molecule is CCCCC(=O)NCCCNC(=O)c1cnc2c(SC(C)(C)C)cccc2c1. The first-order valence-corrected chi connectivity index (χ1v) is 10.7. The summed E-state index contributed by atoms with van der Waals surface area (Å²) < 4.78 is 0.0952. The molecule has 0 atom stereocenters. The first kappa shape index (κ1) is 22.2. The van der Waals surface area contributed by atoms with E-state index in [1.165, 1.54) is 0 Å². The fraction of sp³-hybridized carbons (Fsp3) is 0.500. The minimum atomic E-state index is -0.138. The predicted molar refractivity (Wildman–Crippen MR) is 117 cm³/mol. The van der Waals surface area contributed by atoms with Crippen molar-refractivity contribution >= 4 is 34.5 Å². The van der Waals surface area contributed by atoms with Gasteiger partial charge in [0.15, 0.2) is 0 Å². The molecule has 0 aliphatic carbocycles. The van der Waals surface area contributed by atoms with E-state index in [0.717, 1.165) is 28.6 Å². The van der Waals surface area contributed by atoms with Gasteiger partial charge in [-0.2, -0.15) is 0 Å². The van der Waals surface area contributed by atoms with E-state index in [0.29, 0.717) is 31.5 Å². The highest BCUT2D eigenvalue weighted by molar-refractivity contribution is 8.00. The van der Waals surface area contributed by atoms with E-state index in [4.69, 9.17) is 0 Å². The molecule has 5 nitrogen and oxygen atoms in total. The number of carbonyl (C=O) groups excluding carboxylic acids is 2. The van der Waals surface area contributed by atoms with Crippen molar-refractivity contribution < 1.29 is 9.59 Å². The second kappa shape index (κ2) is 10.5. The fourth-order valence-corrected chi connectivity index (χ4v) is 3.79. The van der Waals surface area contributed by atoms with Crippen LogP contribution in [0.1, 0.15) is 63.7 Å². The summed E-state index contributed by atoms with van der Waals surface area (Å²) in [5.74, 6) is -0.0589. The molecule has 0 aliphatic rings. The van der Waals surface area contributed by atoms with Crippen molar-refractivity contribution in [3.63, 3.8) is 0 Å². The Kier molecular flexibility index (Phi) is 8.30. The van der Waals surface area contributed by atoms with E-state index < -0.39 is 0 Å². The molecule has 0 fully saturated rings. The number of fused-ring (bicyclic) bond motifs is 1. The first-order chi connectivity index (χ1) is 13.3. The van der Waals surface area contributed by atoms with Crippen molar-refractivity contribution in [3.05, 3.63) is 36.0 Å². The summed E-state index contributed by atoms with van der Waals surface area (Å²) in [7, 11) is 0. The number of carbonyl (C=O) groups is 2. The van der Waals surface area contributed by atoms with Gasteiger partial charge in [0.1, 0.15) is 0 Å². The minimum Gasteiger partial charge on any atom is -0.356 e. The number of nitrogens with zero attached hydrogens (tertiary/aromatic N) is 1. The van der Waals surface area contributed by atoms with Crippen molar-refractivity contribution in [2.24, 2.45) is 0 Å². The Bertz CT molecular complexity index is 815. The highest BCUT2D eigenvalue weighted by Gasteiger charge is 2.15. The predicted octanol–water partition coefficient (Wildman–Crippen LogP) is 4.55. The molecule has 28 heavy (non-hydrogen) atoms. The quantitative estimate of drug-likeness (QED) is 0.478. The minimum absolute atomic E-state index is 0.0795. The number of thioether (sulfide) groups is 1. The number of aromatic nitrogens is 1. The van der Waals surface area contributed by atoms with Crippen LogP contribution in [0.5, 0.6) is 0 Å². The van der Waals surface area contributed by atoms with Crippen LogP contribution in [0.3, 0.4) is 0 Å². The van der Waals surface area contributed by atoms with E-state index in [1.54, 1.807) is 18.0 Å². The maximum absolute atomic E-state index is 12.4. The van der Waals surface area contributed by atoms with Gasteiger partial charge >= 0.3 is 0 Å². The number of rotatable bonds is 9. The van der Waals surface area contributed by atoms with E-state index >= 15 is 0 Å². The van der Waals surface area contributed by atoms with Crippen LogP contribution in [0.2, 0.25) is 0 Å². The lowest BCUT2D eigenvalue weighted by Gasteiger charge is -2.18. The van der Waals surface area contributed by atoms with E-state index in [-0.39, 0.29) is 16.6 Å². The van der Waals surface area contributed by atoms with Crippen LogP contribution in [0.15, 0.2) is 35.4 Å². The van der Waals surface area contributed by atoms with Crippen LogP contribution < -0.4 is 10.6 Å². The Labute approximate surface area is 172 Å². The van der Waals surface area contributed by atoms with Gasteiger partial charge in [0, 0.05) is 40.7 Å². The molecule has 2 amide bonds. The maximum Gasteiger partial charge on any atom is 0.252 e. The highest BCUT2D eigenvalue weighted by atomic mass is 32.2. The largest absolute Gasteiger partial charge is 0.356 e. The molecule has 2 rings (SSSR count). The molecule has 6 heteroatoms. The van der Waals surface area contributed by atoms with Gasteiger partial charge in [-0.3, -0.25) is 14.6 Å². The number of hydrogen-bond donors (Lipinski definition) is 2. The molecule has 0 bridgehead atoms. The van der Waals surface area contributed by atoms with Crippen LogP contribution >= 0.6 is 11.8 Å². The molecule has 0 saturated heterocycles. The van der Waals surface area contributed by atoms with Crippen molar-refractivity contribution in [2.45, 2.75) is 63.0 Å². The number of benzene rings is 1. The first-order valence-electron chi connectivity index (χ1n) is 9.93. The summed E-state index contributed by atoms with van der Waals surface area (Å²) in [6, 6.07) is 7.94. The summed E-state index contributed by atoms with van der Waals surface area (Å²) >= 11 is 1.77. The average molecular weight is 402 g/mol. The lowest BCUT2D eigenvalue weighted by Crippen LogP contribution is -2.29. The van der Waals surface area contributed by atoms with Crippen LogP contribution in [0.4, 0.5) is 0 Å². The molecular weight excluding hydrogens is 370 g/mol. The van der Waals surface area contributed by atoms with Gasteiger partial charge in [0.25, 0.3) is 5.91 Å². The van der Waals surface area contributed by atoms with E-state index in [9.17, 15) is 9.59 Å². The number of nitrogens with one attached hydrogen (secondary N) is 2. The summed E-state index contributed by atoms with van der Waals surface area (Å²) in [6.45, 7) is 9.67. The van der Waals surface area contributed by atoms with Crippen molar-refractivity contribution in [1.29, 1.82) is 0 Å². The van der Waals surface area contributed by atoms with Crippen molar-refractivity contribution in [3.8, 4) is 0 Å². The van der Waals surface area contributed by atoms with Crippen LogP contribution in [0, 0.1) is 0 Å². The lowest BCUT2D eigenvalue weighted by molar-refractivity contribution is -0.121. The molecule has 0 unspecified atom stereocenters. The van der Waals surface area contributed by atoms with Gasteiger partial charge in [-0.25, -0.2) is 0 Å².